The Morgan fingerprint density at radius 1 is 1.23 bits per heavy atom. The zero-order valence-corrected chi connectivity index (χ0v) is 16.8. The molecular formula is C22H23FN4O3. The first-order valence-corrected chi connectivity index (χ1v) is 9.83. The summed E-state index contributed by atoms with van der Waals surface area (Å²) in [6.45, 7) is 4.93. The first kappa shape index (κ1) is 20.0. The highest BCUT2D eigenvalue weighted by atomic mass is 19.1. The Balaban J connectivity index is 1.38. The van der Waals surface area contributed by atoms with Gasteiger partial charge in [-0.05, 0) is 49.2 Å². The van der Waals surface area contributed by atoms with Crippen LogP contribution in [0.2, 0.25) is 0 Å². The van der Waals surface area contributed by atoms with Crippen LogP contribution < -0.4 is 10.1 Å². The van der Waals surface area contributed by atoms with Crippen LogP contribution in [-0.4, -0.2) is 27.0 Å². The van der Waals surface area contributed by atoms with Gasteiger partial charge in [0.15, 0.2) is 5.69 Å². The molecule has 1 aromatic heterocycles. The highest BCUT2D eigenvalue weighted by Crippen LogP contribution is 2.27. The molecule has 0 radical (unpaired) electrons. The summed E-state index contributed by atoms with van der Waals surface area (Å²) >= 11 is 0. The minimum absolute atomic E-state index is 0.111. The van der Waals surface area contributed by atoms with Crippen molar-refractivity contribution < 1.29 is 18.7 Å². The SMILES string of the molecule is CC(C)Oc1ccc(CNC(=O)c2nnn3c2COC(c2ccc(F)cc2)C3)cc1. The molecule has 156 valence electrons. The fraction of sp³-hybridized carbons (Fsp3) is 0.318. The first-order valence-electron chi connectivity index (χ1n) is 9.83. The molecule has 1 aliphatic rings. The summed E-state index contributed by atoms with van der Waals surface area (Å²) in [7, 11) is 0. The van der Waals surface area contributed by atoms with Gasteiger partial charge in [0.25, 0.3) is 5.91 Å². The third-order valence-corrected chi connectivity index (χ3v) is 4.80. The maximum Gasteiger partial charge on any atom is 0.274 e. The predicted molar refractivity (Wildman–Crippen MR) is 107 cm³/mol. The Labute approximate surface area is 173 Å². The highest BCUT2D eigenvalue weighted by Gasteiger charge is 2.27. The molecule has 1 unspecified atom stereocenters. The van der Waals surface area contributed by atoms with Gasteiger partial charge in [-0.2, -0.15) is 0 Å². The Hall–Kier alpha value is -3.26. The number of hydrogen-bond donors (Lipinski definition) is 1. The van der Waals surface area contributed by atoms with Crippen molar-refractivity contribution in [2.24, 2.45) is 0 Å². The van der Waals surface area contributed by atoms with Gasteiger partial charge in [0, 0.05) is 6.54 Å². The fourth-order valence-electron chi connectivity index (χ4n) is 3.29. The number of amides is 1. The molecule has 0 fully saturated rings. The van der Waals surface area contributed by atoms with Crippen molar-refractivity contribution in [1.82, 2.24) is 20.3 Å². The van der Waals surface area contributed by atoms with Crippen LogP contribution in [0.5, 0.6) is 5.75 Å². The Morgan fingerprint density at radius 3 is 2.67 bits per heavy atom. The number of aromatic nitrogens is 3. The van der Waals surface area contributed by atoms with Crippen molar-refractivity contribution in [1.29, 1.82) is 0 Å². The quantitative estimate of drug-likeness (QED) is 0.674. The first-order chi connectivity index (χ1) is 14.5. The molecule has 0 saturated carbocycles. The molecule has 0 bridgehead atoms. The van der Waals surface area contributed by atoms with Crippen LogP contribution in [0.15, 0.2) is 48.5 Å². The van der Waals surface area contributed by atoms with E-state index in [4.69, 9.17) is 9.47 Å². The molecular weight excluding hydrogens is 387 g/mol. The lowest BCUT2D eigenvalue weighted by Crippen LogP contribution is -2.27. The second-order valence-electron chi connectivity index (χ2n) is 7.41. The van der Waals surface area contributed by atoms with Crippen LogP contribution in [0.4, 0.5) is 4.39 Å². The smallest absolute Gasteiger partial charge is 0.274 e. The van der Waals surface area contributed by atoms with Crippen molar-refractivity contribution in [2.75, 3.05) is 0 Å². The molecule has 2 aromatic carbocycles. The van der Waals surface area contributed by atoms with Crippen LogP contribution in [0, 0.1) is 5.82 Å². The number of hydrogen-bond acceptors (Lipinski definition) is 5. The van der Waals surface area contributed by atoms with Crippen molar-refractivity contribution in [3.8, 4) is 5.75 Å². The minimum Gasteiger partial charge on any atom is -0.491 e. The summed E-state index contributed by atoms with van der Waals surface area (Å²) in [5.41, 5.74) is 2.69. The number of benzene rings is 2. The third kappa shape index (κ3) is 4.49. The van der Waals surface area contributed by atoms with Crippen molar-refractivity contribution in [3.63, 3.8) is 0 Å². The molecule has 8 heteroatoms. The van der Waals surface area contributed by atoms with E-state index in [1.807, 2.05) is 38.1 Å². The molecule has 2 heterocycles. The maximum absolute atomic E-state index is 13.1. The third-order valence-electron chi connectivity index (χ3n) is 4.80. The number of halogens is 1. The van der Waals surface area contributed by atoms with Gasteiger partial charge in [0.1, 0.15) is 17.7 Å². The summed E-state index contributed by atoms with van der Waals surface area (Å²) < 4.78 is 26.3. The van der Waals surface area contributed by atoms with Crippen LogP contribution in [0.25, 0.3) is 0 Å². The van der Waals surface area contributed by atoms with Gasteiger partial charge < -0.3 is 14.8 Å². The van der Waals surface area contributed by atoms with E-state index in [9.17, 15) is 9.18 Å². The van der Waals surface area contributed by atoms with Gasteiger partial charge in [-0.3, -0.25) is 4.79 Å². The predicted octanol–water partition coefficient (Wildman–Crippen LogP) is 3.41. The number of nitrogens with one attached hydrogen (secondary N) is 1. The molecule has 3 aromatic rings. The standard InChI is InChI=1S/C22H23FN4O3/c1-14(2)30-18-9-3-15(4-10-18)11-24-22(28)21-19-13-29-20(12-27(19)26-25-21)16-5-7-17(23)8-6-16/h3-10,14,20H,11-13H2,1-2H3,(H,24,28). The molecule has 1 N–H and O–H groups in total. The second-order valence-corrected chi connectivity index (χ2v) is 7.41. The van der Waals surface area contributed by atoms with Crippen molar-refractivity contribution >= 4 is 5.91 Å². The van der Waals surface area contributed by atoms with Crippen molar-refractivity contribution in [3.05, 3.63) is 76.9 Å². The average molecular weight is 410 g/mol. The summed E-state index contributed by atoms with van der Waals surface area (Å²) in [4.78, 5) is 12.6. The van der Waals surface area contributed by atoms with E-state index >= 15 is 0 Å². The average Bonchev–Trinajstić information content (AvgIpc) is 3.16. The van der Waals surface area contributed by atoms with E-state index in [2.05, 4.69) is 15.6 Å². The Kier molecular flexibility index (Phi) is 5.76. The van der Waals surface area contributed by atoms with Gasteiger partial charge in [-0.25, -0.2) is 9.07 Å². The van der Waals surface area contributed by atoms with Gasteiger partial charge in [0.2, 0.25) is 0 Å². The van der Waals surface area contributed by atoms with Gasteiger partial charge >= 0.3 is 0 Å². The number of fused-ring (bicyclic) bond motifs is 1. The zero-order valence-electron chi connectivity index (χ0n) is 16.8. The fourth-order valence-corrected chi connectivity index (χ4v) is 3.29. The molecule has 30 heavy (non-hydrogen) atoms. The number of nitrogens with zero attached hydrogens (tertiary/aromatic N) is 3. The monoisotopic (exact) mass is 410 g/mol. The highest BCUT2D eigenvalue weighted by molar-refractivity contribution is 5.93. The second kappa shape index (κ2) is 8.62. The Bertz CT molecular complexity index is 1020. The minimum atomic E-state index is -0.303. The number of carbonyl (C=O) groups excluding carboxylic acids is 1. The summed E-state index contributed by atoms with van der Waals surface area (Å²) in [5.74, 6) is 0.194. The van der Waals surface area contributed by atoms with Gasteiger partial charge in [0.05, 0.1) is 24.9 Å². The summed E-state index contributed by atoms with van der Waals surface area (Å²) in [6, 6.07) is 13.8. The van der Waals surface area contributed by atoms with E-state index in [1.54, 1.807) is 16.8 Å². The molecule has 4 rings (SSSR count). The lowest BCUT2D eigenvalue weighted by atomic mass is 10.1. The summed E-state index contributed by atoms with van der Waals surface area (Å²) in [6.07, 6.45) is -0.151. The molecule has 1 atom stereocenters. The topological polar surface area (TPSA) is 78.3 Å². The largest absolute Gasteiger partial charge is 0.491 e. The van der Waals surface area contributed by atoms with E-state index in [0.717, 1.165) is 16.9 Å². The zero-order chi connectivity index (χ0) is 21.1. The van der Waals surface area contributed by atoms with E-state index in [0.29, 0.717) is 18.8 Å². The van der Waals surface area contributed by atoms with Gasteiger partial charge in [-0.1, -0.05) is 29.5 Å². The van der Waals surface area contributed by atoms with Crippen LogP contribution in [0.1, 0.15) is 47.3 Å². The molecule has 0 aliphatic carbocycles. The van der Waals surface area contributed by atoms with Crippen LogP contribution in [-0.2, 0) is 24.4 Å². The van der Waals surface area contributed by atoms with E-state index in [-0.39, 0.29) is 36.2 Å². The van der Waals surface area contributed by atoms with E-state index in [1.165, 1.54) is 12.1 Å². The molecule has 0 saturated heterocycles. The summed E-state index contributed by atoms with van der Waals surface area (Å²) in [5, 5.41) is 11.0. The van der Waals surface area contributed by atoms with Crippen molar-refractivity contribution in [2.45, 2.75) is 45.8 Å². The molecule has 0 spiro atoms. The van der Waals surface area contributed by atoms with Gasteiger partial charge in [-0.15, -0.1) is 5.10 Å². The molecule has 7 nitrogen and oxygen atoms in total. The lowest BCUT2D eigenvalue weighted by molar-refractivity contribution is -0.00180. The molecule has 1 aliphatic heterocycles. The lowest BCUT2D eigenvalue weighted by Gasteiger charge is -2.24. The Morgan fingerprint density at radius 2 is 1.97 bits per heavy atom. The van der Waals surface area contributed by atoms with Crippen LogP contribution >= 0.6 is 0 Å². The van der Waals surface area contributed by atoms with Crippen LogP contribution in [0.3, 0.4) is 0 Å². The number of ether oxygens (including phenoxy) is 2. The normalized spacial score (nSPS) is 15.7. The van der Waals surface area contributed by atoms with E-state index < -0.39 is 0 Å². The molecule has 1 amide bonds. The maximum atomic E-state index is 13.1. The number of rotatable bonds is 6. The number of carbonyl (C=O) groups is 1.